The molecule has 3 rings (SSSR count). The van der Waals surface area contributed by atoms with Crippen molar-refractivity contribution in [2.45, 2.75) is 37.1 Å². The molecular weight excluding hydrogens is 318 g/mol. The summed E-state index contributed by atoms with van der Waals surface area (Å²) in [5.74, 6) is 0. The van der Waals surface area contributed by atoms with Crippen LogP contribution in [0, 0.1) is 0 Å². The van der Waals surface area contributed by atoms with Gasteiger partial charge in [0.2, 0.25) is 10.0 Å². The number of sulfonamides is 1. The predicted molar refractivity (Wildman–Crippen MR) is 89.9 cm³/mol. The summed E-state index contributed by atoms with van der Waals surface area (Å²) in [6, 6.07) is 5.26. The number of hydrogen-bond acceptors (Lipinski definition) is 5. The van der Waals surface area contributed by atoms with E-state index in [0.29, 0.717) is 18.0 Å². The molecule has 7 heteroatoms. The number of rotatable bonds is 3. The van der Waals surface area contributed by atoms with Gasteiger partial charge in [0.25, 0.3) is 0 Å². The Hall–Kier alpha value is -1.02. The van der Waals surface area contributed by atoms with Gasteiger partial charge in [0, 0.05) is 31.6 Å². The second-order valence-corrected chi connectivity index (χ2v) is 9.76. The van der Waals surface area contributed by atoms with Crippen LogP contribution in [0.1, 0.15) is 25.8 Å². The van der Waals surface area contributed by atoms with Gasteiger partial charge in [0.15, 0.2) is 0 Å². The molecule has 0 aliphatic carbocycles. The summed E-state index contributed by atoms with van der Waals surface area (Å²) in [6.07, 6.45) is 0. The Morgan fingerprint density at radius 1 is 1.32 bits per heavy atom. The first-order valence-electron chi connectivity index (χ1n) is 7.29. The Balaban J connectivity index is 2.01. The molecule has 1 fully saturated rings. The van der Waals surface area contributed by atoms with Crippen LogP contribution >= 0.6 is 11.3 Å². The van der Waals surface area contributed by atoms with E-state index in [-0.39, 0.29) is 11.5 Å². The SMILES string of the molecule is CN(C1CNC1)S(=O)(=O)c1ccc2nc(C(C)(C)C)sc2c1. The highest BCUT2D eigenvalue weighted by Gasteiger charge is 2.32. The lowest BCUT2D eigenvalue weighted by atomic mass is 9.98. The lowest BCUT2D eigenvalue weighted by Gasteiger charge is -2.34. The van der Waals surface area contributed by atoms with Gasteiger partial charge >= 0.3 is 0 Å². The fraction of sp³-hybridized carbons (Fsp3) is 0.533. The molecule has 1 aliphatic heterocycles. The summed E-state index contributed by atoms with van der Waals surface area (Å²) < 4.78 is 27.8. The van der Waals surface area contributed by atoms with Gasteiger partial charge in [0.05, 0.1) is 20.1 Å². The molecule has 1 aromatic heterocycles. The fourth-order valence-electron chi connectivity index (χ4n) is 2.28. The summed E-state index contributed by atoms with van der Waals surface area (Å²) in [6.45, 7) is 7.76. The van der Waals surface area contributed by atoms with Crippen molar-refractivity contribution in [1.82, 2.24) is 14.6 Å². The van der Waals surface area contributed by atoms with Crippen molar-refractivity contribution in [1.29, 1.82) is 0 Å². The maximum atomic E-state index is 12.7. The molecule has 0 saturated carbocycles. The van der Waals surface area contributed by atoms with Crippen LogP contribution in [0.2, 0.25) is 0 Å². The number of fused-ring (bicyclic) bond motifs is 1. The zero-order valence-electron chi connectivity index (χ0n) is 13.3. The molecule has 5 nitrogen and oxygen atoms in total. The van der Waals surface area contributed by atoms with E-state index in [4.69, 9.17) is 0 Å². The second-order valence-electron chi connectivity index (χ2n) is 6.73. The van der Waals surface area contributed by atoms with Gasteiger partial charge in [0.1, 0.15) is 0 Å². The molecule has 1 N–H and O–H groups in total. The lowest BCUT2D eigenvalue weighted by molar-refractivity contribution is 0.274. The summed E-state index contributed by atoms with van der Waals surface area (Å²) >= 11 is 1.57. The van der Waals surface area contributed by atoms with Crippen LogP contribution in [0.5, 0.6) is 0 Å². The van der Waals surface area contributed by atoms with Crippen LogP contribution < -0.4 is 5.32 Å². The summed E-state index contributed by atoms with van der Waals surface area (Å²) in [4.78, 5) is 4.96. The summed E-state index contributed by atoms with van der Waals surface area (Å²) in [5, 5.41) is 4.12. The number of hydrogen-bond donors (Lipinski definition) is 1. The average Bonchev–Trinajstić information content (AvgIpc) is 2.79. The maximum Gasteiger partial charge on any atom is 0.243 e. The van der Waals surface area contributed by atoms with Crippen molar-refractivity contribution in [2.75, 3.05) is 20.1 Å². The zero-order valence-corrected chi connectivity index (χ0v) is 14.9. The van der Waals surface area contributed by atoms with Gasteiger partial charge in [-0.2, -0.15) is 4.31 Å². The van der Waals surface area contributed by atoms with Gasteiger partial charge in [-0.15, -0.1) is 11.3 Å². The Kier molecular flexibility index (Phi) is 3.79. The number of benzene rings is 1. The van der Waals surface area contributed by atoms with Crippen LogP contribution in [0.4, 0.5) is 0 Å². The zero-order chi connectivity index (χ0) is 16.1. The number of likely N-dealkylation sites (N-methyl/N-ethyl adjacent to an activating group) is 1. The van der Waals surface area contributed by atoms with Gasteiger partial charge in [-0.25, -0.2) is 13.4 Å². The van der Waals surface area contributed by atoms with E-state index in [1.807, 2.05) is 0 Å². The molecular formula is C15H21N3O2S2. The second kappa shape index (κ2) is 5.26. The van der Waals surface area contributed by atoms with E-state index in [0.717, 1.165) is 15.2 Å². The minimum absolute atomic E-state index is 0.0306. The Labute approximate surface area is 135 Å². The Bertz CT molecular complexity index is 802. The molecule has 1 aromatic carbocycles. The summed E-state index contributed by atoms with van der Waals surface area (Å²) in [7, 11) is -1.79. The van der Waals surface area contributed by atoms with Crippen LogP contribution in [0.25, 0.3) is 10.2 Å². The van der Waals surface area contributed by atoms with Crippen molar-refractivity contribution in [2.24, 2.45) is 0 Å². The Morgan fingerprint density at radius 3 is 2.55 bits per heavy atom. The molecule has 0 unspecified atom stereocenters. The molecule has 0 bridgehead atoms. The maximum absolute atomic E-state index is 12.7. The van der Waals surface area contributed by atoms with Gasteiger partial charge in [-0.1, -0.05) is 20.8 Å². The molecule has 2 aromatic rings. The highest BCUT2D eigenvalue weighted by Crippen LogP contribution is 2.32. The smallest absolute Gasteiger partial charge is 0.243 e. The quantitative estimate of drug-likeness (QED) is 0.931. The number of nitrogens with zero attached hydrogens (tertiary/aromatic N) is 2. The molecule has 1 saturated heterocycles. The van der Waals surface area contributed by atoms with E-state index in [1.54, 1.807) is 36.6 Å². The van der Waals surface area contributed by atoms with Gasteiger partial charge in [-0.05, 0) is 18.2 Å². The highest BCUT2D eigenvalue weighted by atomic mass is 32.2. The average molecular weight is 339 g/mol. The predicted octanol–water partition coefficient (Wildman–Crippen LogP) is 2.19. The molecule has 0 spiro atoms. The van der Waals surface area contributed by atoms with Crippen molar-refractivity contribution < 1.29 is 8.42 Å². The molecule has 0 atom stereocenters. The first-order valence-corrected chi connectivity index (χ1v) is 9.55. The van der Waals surface area contributed by atoms with Crippen molar-refractivity contribution in [3.63, 3.8) is 0 Å². The number of nitrogens with one attached hydrogen (secondary N) is 1. The third kappa shape index (κ3) is 2.67. The monoisotopic (exact) mass is 339 g/mol. The van der Waals surface area contributed by atoms with E-state index >= 15 is 0 Å². The number of thiazole rings is 1. The van der Waals surface area contributed by atoms with Crippen molar-refractivity contribution >= 4 is 31.6 Å². The van der Waals surface area contributed by atoms with E-state index in [9.17, 15) is 8.42 Å². The normalized spacial score (nSPS) is 17.1. The third-order valence-electron chi connectivity index (χ3n) is 3.95. The van der Waals surface area contributed by atoms with E-state index in [2.05, 4.69) is 31.1 Å². The highest BCUT2D eigenvalue weighted by molar-refractivity contribution is 7.89. The molecule has 0 amide bonds. The van der Waals surface area contributed by atoms with Crippen LogP contribution in [0.3, 0.4) is 0 Å². The van der Waals surface area contributed by atoms with Crippen molar-refractivity contribution in [3.8, 4) is 0 Å². The minimum atomic E-state index is -3.44. The topological polar surface area (TPSA) is 62.3 Å². The first kappa shape index (κ1) is 15.9. The first-order chi connectivity index (χ1) is 10.2. The Morgan fingerprint density at radius 2 is 2.00 bits per heavy atom. The van der Waals surface area contributed by atoms with Crippen molar-refractivity contribution in [3.05, 3.63) is 23.2 Å². The molecule has 0 radical (unpaired) electrons. The lowest BCUT2D eigenvalue weighted by Crippen LogP contribution is -2.57. The molecule has 2 heterocycles. The van der Waals surface area contributed by atoms with E-state index in [1.165, 1.54) is 4.31 Å². The van der Waals surface area contributed by atoms with Crippen LogP contribution in [0.15, 0.2) is 23.1 Å². The standard InChI is InChI=1S/C15H21N3O2S2/c1-15(2,3)14-17-12-6-5-11(7-13(12)21-14)22(19,20)18(4)10-8-16-9-10/h5-7,10,16H,8-9H2,1-4H3. The minimum Gasteiger partial charge on any atom is -0.313 e. The van der Waals surface area contributed by atoms with Crippen LogP contribution in [-0.4, -0.2) is 43.9 Å². The van der Waals surface area contributed by atoms with Crippen LogP contribution in [-0.2, 0) is 15.4 Å². The molecule has 1 aliphatic rings. The van der Waals surface area contributed by atoms with Gasteiger partial charge in [-0.3, -0.25) is 0 Å². The molecule has 22 heavy (non-hydrogen) atoms. The summed E-state index contributed by atoms with van der Waals surface area (Å²) in [5.41, 5.74) is 0.832. The van der Waals surface area contributed by atoms with Gasteiger partial charge < -0.3 is 5.32 Å². The van der Waals surface area contributed by atoms with E-state index < -0.39 is 10.0 Å². The number of aromatic nitrogens is 1. The fourth-order valence-corrected chi connectivity index (χ4v) is 4.80. The largest absolute Gasteiger partial charge is 0.313 e. The third-order valence-corrected chi connectivity index (χ3v) is 7.30. The molecule has 120 valence electrons.